The Balaban J connectivity index is 2.41. The molecule has 1 saturated heterocycles. The summed E-state index contributed by atoms with van der Waals surface area (Å²) in [6.07, 6.45) is 2.48. The maximum atomic E-state index is 6.16. The molecule has 0 radical (unpaired) electrons. The molecule has 1 fully saturated rings. The first-order valence-corrected chi connectivity index (χ1v) is 8.10. The molecule has 0 spiro atoms. The van der Waals surface area contributed by atoms with Crippen LogP contribution in [0.2, 0.25) is 0 Å². The van der Waals surface area contributed by atoms with Gasteiger partial charge in [-0.2, -0.15) is 0 Å². The summed E-state index contributed by atoms with van der Waals surface area (Å²) in [5, 5.41) is 3.57. The van der Waals surface area contributed by atoms with Gasteiger partial charge in [0.15, 0.2) is 0 Å². The van der Waals surface area contributed by atoms with Crippen molar-refractivity contribution in [2.75, 3.05) is 19.6 Å². The van der Waals surface area contributed by atoms with Gasteiger partial charge >= 0.3 is 0 Å². The van der Waals surface area contributed by atoms with Crippen LogP contribution in [0.4, 0.5) is 0 Å². The molecule has 1 heterocycles. The Morgan fingerprint density at radius 2 is 1.60 bits per heavy atom. The zero-order valence-corrected chi connectivity index (χ0v) is 15.0. The number of nitrogens with one attached hydrogen (secondary N) is 1. The van der Waals surface area contributed by atoms with E-state index in [-0.39, 0.29) is 16.7 Å². The maximum absolute atomic E-state index is 6.16. The van der Waals surface area contributed by atoms with Crippen LogP contribution < -0.4 is 5.32 Å². The predicted octanol–water partition coefficient (Wildman–Crippen LogP) is 3.43. The average Bonchev–Trinajstić information content (AvgIpc) is 2.18. The summed E-state index contributed by atoms with van der Waals surface area (Å²) in [7, 11) is 0. The van der Waals surface area contributed by atoms with Crippen LogP contribution in [-0.2, 0) is 4.74 Å². The van der Waals surface area contributed by atoms with Crippen molar-refractivity contribution in [2.24, 2.45) is 0 Å². The van der Waals surface area contributed by atoms with Gasteiger partial charge in [-0.15, -0.1) is 0 Å². The fourth-order valence-electron chi connectivity index (χ4n) is 3.20. The predicted molar refractivity (Wildman–Crippen MR) is 87.3 cm³/mol. The van der Waals surface area contributed by atoms with Gasteiger partial charge in [-0.1, -0.05) is 0 Å². The molecule has 1 N–H and O–H groups in total. The molecule has 0 saturated carbocycles. The van der Waals surface area contributed by atoms with E-state index in [2.05, 4.69) is 65.6 Å². The number of rotatable bonds is 5. The number of ether oxygens (including phenoxy) is 1. The Morgan fingerprint density at radius 1 is 1.10 bits per heavy atom. The fraction of sp³-hybridized carbons (Fsp3) is 1.00. The van der Waals surface area contributed by atoms with Crippen LogP contribution in [0.3, 0.4) is 0 Å². The Morgan fingerprint density at radius 3 is 2.05 bits per heavy atom. The van der Waals surface area contributed by atoms with E-state index in [1.165, 1.54) is 12.8 Å². The van der Waals surface area contributed by atoms with E-state index >= 15 is 0 Å². The lowest BCUT2D eigenvalue weighted by Crippen LogP contribution is -2.59. The molecule has 0 aliphatic carbocycles. The topological polar surface area (TPSA) is 24.5 Å². The molecule has 1 aliphatic heterocycles. The third-order valence-corrected chi connectivity index (χ3v) is 3.80. The molecule has 1 unspecified atom stereocenters. The normalized spacial score (nSPS) is 24.6. The van der Waals surface area contributed by atoms with Gasteiger partial charge in [0.25, 0.3) is 0 Å². The van der Waals surface area contributed by atoms with Crippen LogP contribution >= 0.6 is 0 Å². The molecule has 0 aromatic rings. The molecule has 1 atom stereocenters. The standard InChI is InChI=1S/C17H36N2O/c1-14(10-9-11-18-15(2,3)4)19-12-16(5,6)20-17(7,8)13-19/h14,18H,9-13H2,1-8H3. The molecule has 0 bridgehead atoms. The molecule has 0 aromatic heterocycles. The first-order chi connectivity index (χ1) is 8.90. The van der Waals surface area contributed by atoms with E-state index in [0.29, 0.717) is 6.04 Å². The zero-order chi connectivity index (χ0) is 15.6. The highest BCUT2D eigenvalue weighted by atomic mass is 16.5. The monoisotopic (exact) mass is 284 g/mol. The van der Waals surface area contributed by atoms with Gasteiger partial charge < -0.3 is 10.1 Å². The van der Waals surface area contributed by atoms with E-state index in [0.717, 1.165) is 19.6 Å². The van der Waals surface area contributed by atoms with Crippen LogP contribution in [0.15, 0.2) is 0 Å². The Bertz CT molecular complexity index is 289. The summed E-state index contributed by atoms with van der Waals surface area (Å²) < 4.78 is 6.16. The maximum Gasteiger partial charge on any atom is 0.0760 e. The van der Waals surface area contributed by atoms with Crippen molar-refractivity contribution in [3.8, 4) is 0 Å². The Kier molecular flexibility index (Phi) is 5.67. The number of hydrogen-bond acceptors (Lipinski definition) is 3. The van der Waals surface area contributed by atoms with Crippen LogP contribution in [-0.4, -0.2) is 47.3 Å². The minimum atomic E-state index is -0.0420. The number of nitrogens with zero attached hydrogens (tertiary/aromatic N) is 1. The lowest BCUT2D eigenvalue weighted by Gasteiger charge is -2.49. The molecule has 120 valence electrons. The minimum absolute atomic E-state index is 0.0420. The molecule has 3 heteroatoms. The molecular weight excluding hydrogens is 248 g/mol. The quantitative estimate of drug-likeness (QED) is 0.783. The van der Waals surface area contributed by atoms with Crippen molar-refractivity contribution in [2.45, 2.75) is 91.0 Å². The molecule has 0 aromatic carbocycles. The summed E-state index contributed by atoms with van der Waals surface area (Å²) in [6.45, 7) is 21.0. The molecule has 20 heavy (non-hydrogen) atoms. The first kappa shape index (κ1) is 17.9. The van der Waals surface area contributed by atoms with Crippen molar-refractivity contribution in [3.05, 3.63) is 0 Å². The van der Waals surface area contributed by atoms with Gasteiger partial charge in [-0.05, 0) is 74.8 Å². The van der Waals surface area contributed by atoms with Crippen molar-refractivity contribution >= 4 is 0 Å². The van der Waals surface area contributed by atoms with Gasteiger partial charge in [0.2, 0.25) is 0 Å². The van der Waals surface area contributed by atoms with Crippen molar-refractivity contribution in [1.29, 1.82) is 0 Å². The number of morpholine rings is 1. The largest absolute Gasteiger partial charge is 0.367 e. The van der Waals surface area contributed by atoms with Crippen LogP contribution in [0, 0.1) is 0 Å². The first-order valence-electron chi connectivity index (χ1n) is 8.10. The second-order valence-corrected chi connectivity index (χ2v) is 8.69. The lowest BCUT2D eigenvalue weighted by atomic mass is 9.96. The van der Waals surface area contributed by atoms with Gasteiger partial charge in [0.05, 0.1) is 11.2 Å². The zero-order valence-electron chi connectivity index (χ0n) is 15.0. The van der Waals surface area contributed by atoms with E-state index in [9.17, 15) is 0 Å². The second-order valence-electron chi connectivity index (χ2n) is 8.69. The van der Waals surface area contributed by atoms with E-state index in [4.69, 9.17) is 4.74 Å². The van der Waals surface area contributed by atoms with Crippen LogP contribution in [0.1, 0.15) is 68.2 Å². The highest BCUT2D eigenvalue weighted by molar-refractivity contribution is 4.91. The fourth-order valence-corrected chi connectivity index (χ4v) is 3.20. The third-order valence-electron chi connectivity index (χ3n) is 3.80. The smallest absolute Gasteiger partial charge is 0.0760 e. The average molecular weight is 284 g/mol. The molecule has 0 amide bonds. The summed E-state index contributed by atoms with van der Waals surface area (Å²) in [5.74, 6) is 0. The summed E-state index contributed by atoms with van der Waals surface area (Å²) >= 11 is 0. The van der Waals surface area contributed by atoms with E-state index in [1.807, 2.05) is 0 Å². The van der Waals surface area contributed by atoms with Crippen molar-refractivity contribution in [3.63, 3.8) is 0 Å². The molecule has 1 rings (SSSR count). The number of hydrogen-bond donors (Lipinski definition) is 1. The third kappa shape index (κ3) is 6.55. The second kappa shape index (κ2) is 6.33. The minimum Gasteiger partial charge on any atom is -0.367 e. The molecule has 3 nitrogen and oxygen atoms in total. The highest BCUT2D eigenvalue weighted by Gasteiger charge is 2.39. The molecule has 1 aliphatic rings. The summed E-state index contributed by atoms with van der Waals surface area (Å²) in [6, 6.07) is 0.624. The van der Waals surface area contributed by atoms with E-state index in [1.54, 1.807) is 0 Å². The summed E-state index contributed by atoms with van der Waals surface area (Å²) in [5.41, 5.74) is 0.144. The van der Waals surface area contributed by atoms with Crippen molar-refractivity contribution in [1.82, 2.24) is 10.2 Å². The van der Waals surface area contributed by atoms with Crippen LogP contribution in [0.25, 0.3) is 0 Å². The lowest BCUT2D eigenvalue weighted by molar-refractivity contribution is -0.187. The molecular formula is C17H36N2O. The van der Waals surface area contributed by atoms with E-state index < -0.39 is 0 Å². The SMILES string of the molecule is CC(CCCNC(C)(C)C)N1CC(C)(C)OC(C)(C)C1. The van der Waals surface area contributed by atoms with Crippen LogP contribution in [0.5, 0.6) is 0 Å². The van der Waals surface area contributed by atoms with Crippen molar-refractivity contribution < 1.29 is 4.74 Å². The van der Waals surface area contributed by atoms with Gasteiger partial charge in [0.1, 0.15) is 0 Å². The van der Waals surface area contributed by atoms with Gasteiger partial charge in [-0.3, -0.25) is 4.90 Å². The van der Waals surface area contributed by atoms with Gasteiger partial charge in [-0.25, -0.2) is 0 Å². The summed E-state index contributed by atoms with van der Waals surface area (Å²) in [4.78, 5) is 2.60. The van der Waals surface area contributed by atoms with Gasteiger partial charge in [0, 0.05) is 24.7 Å². The highest BCUT2D eigenvalue weighted by Crippen LogP contribution is 2.29. The Hall–Kier alpha value is -0.120. The Labute approximate surface area is 126 Å².